The van der Waals surface area contributed by atoms with Crippen LogP contribution in [0.25, 0.3) is 22.4 Å². The second-order valence-electron chi connectivity index (χ2n) is 7.50. The number of aliphatic carboxylic acids is 1. The van der Waals surface area contributed by atoms with Crippen LogP contribution in [0.3, 0.4) is 0 Å². The van der Waals surface area contributed by atoms with Gasteiger partial charge in [-0.3, -0.25) is 9.78 Å². The highest BCUT2D eigenvalue weighted by atomic mass is 32.2. The summed E-state index contributed by atoms with van der Waals surface area (Å²) >= 11 is 1.42. The quantitative estimate of drug-likeness (QED) is 0.367. The van der Waals surface area contributed by atoms with E-state index in [9.17, 15) is 14.7 Å². The molecule has 0 saturated heterocycles. The van der Waals surface area contributed by atoms with E-state index < -0.39 is 17.9 Å². The van der Waals surface area contributed by atoms with Gasteiger partial charge in [-0.05, 0) is 55.8 Å². The number of H-pyrrole nitrogens is 1. The van der Waals surface area contributed by atoms with Gasteiger partial charge >= 0.3 is 5.97 Å². The highest BCUT2D eigenvalue weighted by molar-refractivity contribution is 7.99. The van der Waals surface area contributed by atoms with Gasteiger partial charge in [-0.15, -0.1) is 11.8 Å². The Morgan fingerprint density at radius 3 is 2.59 bits per heavy atom. The Labute approximate surface area is 189 Å². The number of carboxylic acids is 1. The fourth-order valence-corrected chi connectivity index (χ4v) is 4.37. The Morgan fingerprint density at radius 2 is 1.88 bits per heavy atom. The lowest BCUT2D eigenvalue weighted by Crippen LogP contribution is -2.42. The number of benzene rings is 2. The maximum absolute atomic E-state index is 12.8. The minimum atomic E-state index is -1.07. The zero-order chi connectivity index (χ0) is 22.7. The van der Waals surface area contributed by atoms with E-state index in [4.69, 9.17) is 0 Å². The molecule has 0 spiro atoms. The van der Waals surface area contributed by atoms with E-state index in [0.717, 1.165) is 21.6 Å². The molecule has 0 radical (unpaired) electrons. The summed E-state index contributed by atoms with van der Waals surface area (Å²) in [6.07, 6.45) is 3.37. The molecule has 0 fully saturated rings. The zero-order valence-corrected chi connectivity index (χ0v) is 18.4. The van der Waals surface area contributed by atoms with Gasteiger partial charge in [0, 0.05) is 34.2 Å². The average molecular weight is 447 g/mol. The number of fused-ring (bicyclic) bond motifs is 1. The number of rotatable bonds is 7. The molecule has 2 aromatic heterocycles. The van der Waals surface area contributed by atoms with E-state index in [1.165, 1.54) is 11.8 Å². The number of pyridine rings is 1. The lowest BCUT2D eigenvalue weighted by Gasteiger charge is -2.15. The van der Waals surface area contributed by atoms with Gasteiger partial charge < -0.3 is 15.4 Å². The Bertz CT molecular complexity index is 1290. The molecule has 162 valence electrons. The number of carbonyl (C=O) groups excluding carboxylic acids is 1. The number of carbonyl (C=O) groups is 2. The van der Waals surface area contributed by atoms with Crippen molar-refractivity contribution in [3.05, 3.63) is 77.6 Å². The molecular formula is C24H22N4O3S. The number of aromatic nitrogens is 3. The number of aryl methyl sites for hydroxylation is 2. The topological polar surface area (TPSA) is 108 Å². The van der Waals surface area contributed by atoms with Crippen LogP contribution in [0.15, 0.2) is 65.8 Å². The van der Waals surface area contributed by atoms with E-state index in [-0.39, 0.29) is 5.75 Å². The summed E-state index contributed by atoms with van der Waals surface area (Å²) < 4.78 is 0. The normalized spacial score (nSPS) is 11.9. The zero-order valence-electron chi connectivity index (χ0n) is 17.6. The van der Waals surface area contributed by atoms with E-state index >= 15 is 0 Å². The van der Waals surface area contributed by atoms with Crippen LogP contribution in [0.5, 0.6) is 0 Å². The Balaban J connectivity index is 1.48. The Hall–Kier alpha value is -3.65. The molecule has 1 amide bonds. The van der Waals surface area contributed by atoms with Crippen LogP contribution >= 0.6 is 11.8 Å². The number of carboxylic acid groups (broad SMARTS) is 1. The molecule has 0 unspecified atom stereocenters. The number of nitrogens with one attached hydrogen (secondary N) is 2. The molecule has 4 aromatic rings. The van der Waals surface area contributed by atoms with Crippen LogP contribution in [0, 0.1) is 13.8 Å². The molecule has 3 N–H and O–H groups in total. The molecule has 2 aromatic carbocycles. The first-order chi connectivity index (χ1) is 15.4. The molecule has 0 aliphatic heterocycles. The molecular weight excluding hydrogens is 424 g/mol. The van der Waals surface area contributed by atoms with Gasteiger partial charge in [-0.2, -0.15) is 0 Å². The first-order valence-electron chi connectivity index (χ1n) is 10.0. The Kier molecular flexibility index (Phi) is 6.23. The third-order valence-corrected chi connectivity index (χ3v) is 6.31. The average Bonchev–Trinajstić information content (AvgIpc) is 3.21. The highest BCUT2D eigenvalue weighted by Gasteiger charge is 2.22. The number of aromatic amines is 1. The number of hydrogen-bond donors (Lipinski definition) is 3. The van der Waals surface area contributed by atoms with E-state index in [0.29, 0.717) is 22.4 Å². The van der Waals surface area contributed by atoms with Crippen molar-refractivity contribution in [2.24, 2.45) is 0 Å². The molecule has 2 heterocycles. The molecule has 0 saturated carbocycles. The molecule has 8 heteroatoms. The van der Waals surface area contributed by atoms with Crippen LogP contribution in [0.1, 0.15) is 21.5 Å². The van der Waals surface area contributed by atoms with Crippen molar-refractivity contribution in [3.8, 4) is 11.4 Å². The maximum atomic E-state index is 12.8. The lowest BCUT2D eigenvalue weighted by atomic mass is 10.1. The minimum Gasteiger partial charge on any atom is -0.480 e. The molecule has 0 aliphatic carbocycles. The summed E-state index contributed by atoms with van der Waals surface area (Å²) in [5.74, 6) is -0.615. The monoisotopic (exact) mass is 446 g/mol. The van der Waals surface area contributed by atoms with Crippen LogP contribution in [-0.2, 0) is 4.79 Å². The second kappa shape index (κ2) is 9.23. The SMILES string of the molecule is Cc1ccc(SC[C@H](NC(=O)c2ccc3nc(-c4ccncc4)[nH]c3c2)C(=O)O)c(C)c1. The fraction of sp³-hybridized carbons (Fsp3) is 0.167. The van der Waals surface area contributed by atoms with Gasteiger partial charge in [0.15, 0.2) is 0 Å². The summed E-state index contributed by atoms with van der Waals surface area (Å²) in [4.78, 5) is 37.3. The van der Waals surface area contributed by atoms with Crippen molar-refractivity contribution in [3.63, 3.8) is 0 Å². The third kappa shape index (κ3) is 4.81. The summed E-state index contributed by atoms with van der Waals surface area (Å²) in [5, 5.41) is 12.2. The summed E-state index contributed by atoms with van der Waals surface area (Å²) in [6, 6.07) is 13.8. The van der Waals surface area contributed by atoms with Gasteiger partial charge in [0.1, 0.15) is 11.9 Å². The van der Waals surface area contributed by atoms with Gasteiger partial charge in [-0.25, -0.2) is 9.78 Å². The van der Waals surface area contributed by atoms with Gasteiger partial charge in [0.2, 0.25) is 0 Å². The highest BCUT2D eigenvalue weighted by Crippen LogP contribution is 2.24. The summed E-state index contributed by atoms with van der Waals surface area (Å²) in [7, 11) is 0. The predicted octanol–water partition coefficient (Wildman–Crippen LogP) is 4.22. The number of imidazole rings is 1. The van der Waals surface area contributed by atoms with E-state index in [2.05, 4.69) is 26.3 Å². The summed E-state index contributed by atoms with van der Waals surface area (Å²) in [6.45, 7) is 4.00. The van der Waals surface area contributed by atoms with Crippen molar-refractivity contribution in [2.45, 2.75) is 24.8 Å². The minimum absolute atomic E-state index is 0.226. The second-order valence-corrected chi connectivity index (χ2v) is 8.56. The molecule has 7 nitrogen and oxygen atoms in total. The molecule has 1 atom stereocenters. The molecule has 4 rings (SSSR count). The van der Waals surface area contributed by atoms with Crippen LogP contribution < -0.4 is 5.32 Å². The first kappa shape index (κ1) is 21.6. The standard InChI is InChI=1S/C24H22N4O3S/c1-14-3-6-21(15(2)11-14)32-13-20(24(30)31)28-23(29)17-4-5-18-19(12-17)27-22(26-18)16-7-9-25-10-8-16/h3-12,20H,13H2,1-2H3,(H,26,27)(H,28,29)(H,30,31)/t20-/m0/s1. The van der Waals surface area contributed by atoms with Crippen molar-refractivity contribution >= 4 is 34.7 Å². The van der Waals surface area contributed by atoms with Crippen molar-refractivity contribution in [1.29, 1.82) is 0 Å². The van der Waals surface area contributed by atoms with Crippen molar-refractivity contribution in [2.75, 3.05) is 5.75 Å². The van der Waals surface area contributed by atoms with Crippen molar-refractivity contribution < 1.29 is 14.7 Å². The van der Waals surface area contributed by atoms with Crippen LogP contribution in [-0.4, -0.2) is 43.7 Å². The first-order valence-corrected chi connectivity index (χ1v) is 11.0. The number of hydrogen-bond acceptors (Lipinski definition) is 5. The number of nitrogens with zero attached hydrogens (tertiary/aromatic N) is 2. The molecule has 32 heavy (non-hydrogen) atoms. The van der Waals surface area contributed by atoms with Crippen molar-refractivity contribution in [1.82, 2.24) is 20.3 Å². The van der Waals surface area contributed by atoms with Crippen LogP contribution in [0.2, 0.25) is 0 Å². The fourth-order valence-electron chi connectivity index (χ4n) is 3.35. The third-order valence-electron chi connectivity index (χ3n) is 5.04. The van der Waals surface area contributed by atoms with E-state index in [1.54, 1.807) is 30.6 Å². The maximum Gasteiger partial charge on any atom is 0.327 e. The largest absolute Gasteiger partial charge is 0.480 e. The van der Waals surface area contributed by atoms with Crippen LogP contribution in [0.4, 0.5) is 0 Å². The predicted molar refractivity (Wildman–Crippen MR) is 125 cm³/mol. The number of thioether (sulfide) groups is 1. The molecule has 0 aliphatic rings. The molecule has 0 bridgehead atoms. The van der Waals surface area contributed by atoms with Gasteiger partial charge in [0.25, 0.3) is 5.91 Å². The smallest absolute Gasteiger partial charge is 0.327 e. The number of amides is 1. The van der Waals surface area contributed by atoms with Gasteiger partial charge in [-0.1, -0.05) is 17.7 Å². The lowest BCUT2D eigenvalue weighted by molar-refractivity contribution is -0.138. The van der Waals surface area contributed by atoms with E-state index in [1.807, 2.05) is 38.1 Å². The Morgan fingerprint density at radius 1 is 1.09 bits per heavy atom. The summed E-state index contributed by atoms with van der Waals surface area (Å²) in [5.41, 5.74) is 4.90. The van der Waals surface area contributed by atoms with Gasteiger partial charge in [0.05, 0.1) is 11.0 Å².